The first-order valence-electron chi connectivity index (χ1n) is 12.0. The SMILES string of the molecule is Cc1nc(N[C@H](C)c2cccc(C(F)(F)F)c2F)c2c(n1)C1(CCN(C)C1)C(=O)N(c1ccncc1F)C2. The van der Waals surface area contributed by atoms with Crippen molar-refractivity contribution < 1.29 is 26.7 Å². The van der Waals surface area contributed by atoms with E-state index in [2.05, 4.69) is 20.3 Å². The average Bonchev–Trinajstić information content (AvgIpc) is 3.24. The fourth-order valence-corrected chi connectivity index (χ4v) is 5.39. The topological polar surface area (TPSA) is 74.2 Å². The summed E-state index contributed by atoms with van der Waals surface area (Å²) in [5.74, 6) is -1.76. The van der Waals surface area contributed by atoms with E-state index < -0.39 is 34.8 Å². The van der Waals surface area contributed by atoms with E-state index in [1.54, 1.807) is 6.92 Å². The molecule has 1 spiro atoms. The maximum atomic E-state index is 14.9. The highest BCUT2D eigenvalue weighted by molar-refractivity contribution is 6.03. The molecule has 5 rings (SSSR count). The number of rotatable bonds is 4. The lowest BCUT2D eigenvalue weighted by molar-refractivity contribution is -0.140. The number of benzene rings is 1. The van der Waals surface area contributed by atoms with Crippen LogP contribution in [0.1, 0.15) is 47.6 Å². The van der Waals surface area contributed by atoms with E-state index in [0.29, 0.717) is 42.7 Å². The van der Waals surface area contributed by atoms with Crippen molar-refractivity contribution in [3.05, 3.63) is 76.5 Å². The van der Waals surface area contributed by atoms with Gasteiger partial charge in [0.25, 0.3) is 0 Å². The Hall–Kier alpha value is -3.67. The van der Waals surface area contributed by atoms with Gasteiger partial charge in [-0.25, -0.2) is 18.7 Å². The Morgan fingerprint density at radius 1 is 1.16 bits per heavy atom. The molecule has 2 atom stereocenters. The maximum absolute atomic E-state index is 14.9. The molecule has 38 heavy (non-hydrogen) atoms. The molecule has 1 saturated heterocycles. The minimum absolute atomic E-state index is 0.0491. The fourth-order valence-electron chi connectivity index (χ4n) is 5.39. The first-order chi connectivity index (χ1) is 17.9. The Morgan fingerprint density at radius 2 is 1.92 bits per heavy atom. The van der Waals surface area contributed by atoms with Crippen LogP contribution in [0, 0.1) is 18.6 Å². The Bertz CT molecular complexity index is 1410. The summed E-state index contributed by atoms with van der Waals surface area (Å²) in [6, 6.07) is 3.61. The Labute approximate surface area is 215 Å². The highest BCUT2D eigenvalue weighted by Crippen LogP contribution is 2.44. The van der Waals surface area contributed by atoms with Crippen LogP contribution in [0.4, 0.5) is 33.5 Å². The number of carbonyl (C=O) groups is 1. The second-order valence-corrected chi connectivity index (χ2v) is 9.81. The van der Waals surface area contributed by atoms with Gasteiger partial charge in [-0.2, -0.15) is 13.2 Å². The number of nitrogens with one attached hydrogen (secondary N) is 1. The predicted molar refractivity (Wildman–Crippen MR) is 129 cm³/mol. The molecule has 4 heterocycles. The van der Waals surface area contributed by atoms with Gasteiger partial charge in [0.2, 0.25) is 5.91 Å². The zero-order valence-corrected chi connectivity index (χ0v) is 20.9. The number of hydrogen-bond acceptors (Lipinski definition) is 6. The van der Waals surface area contributed by atoms with Gasteiger partial charge < -0.3 is 15.1 Å². The van der Waals surface area contributed by atoms with Crippen molar-refractivity contribution in [3.8, 4) is 0 Å². The maximum Gasteiger partial charge on any atom is 0.419 e. The number of nitrogens with zero attached hydrogens (tertiary/aromatic N) is 5. The number of aromatic nitrogens is 3. The number of likely N-dealkylation sites (N-methyl/N-ethyl adjacent to an activating group) is 1. The molecule has 0 radical (unpaired) electrons. The van der Waals surface area contributed by atoms with Crippen LogP contribution in [-0.4, -0.2) is 45.9 Å². The number of hydrogen-bond donors (Lipinski definition) is 1. The molecule has 1 aromatic carbocycles. The Kier molecular flexibility index (Phi) is 6.33. The lowest BCUT2D eigenvalue weighted by Gasteiger charge is -2.40. The van der Waals surface area contributed by atoms with Crippen molar-refractivity contribution in [2.24, 2.45) is 0 Å². The summed E-state index contributed by atoms with van der Waals surface area (Å²) in [4.78, 5) is 30.1. The number of fused-ring (bicyclic) bond motifs is 2. The van der Waals surface area contributed by atoms with Gasteiger partial charge in [0, 0.05) is 23.9 Å². The first kappa shape index (κ1) is 26.0. The van der Waals surface area contributed by atoms with E-state index >= 15 is 0 Å². The molecule has 200 valence electrons. The monoisotopic (exact) mass is 532 g/mol. The van der Waals surface area contributed by atoms with Gasteiger partial charge in [0.15, 0.2) is 5.82 Å². The summed E-state index contributed by atoms with van der Waals surface area (Å²) in [6.45, 7) is 4.04. The minimum Gasteiger partial charge on any atom is -0.363 e. The molecular formula is C26H25F5N6O. The normalized spacial score (nSPS) is 20.6. The third-order valence-corrected chi connectivity index (χ3v) is 7.20. The van der Waals surface area contributed by atoms with Crippen LogP contribution in [0.15, 0.2) is 36.7 Å². The van der Waals surface area contributed by atoms with E-state index in [1.807, 2.05) is 11.9 Å². The molecule has 1 unspecified atom stereocenters. The largest absolute Gasteiger partial charge is 0.419 e. The Balaban J connectivity index is 1.62. The number of anilines is 2. The molecule has 1 N–H and O–H groups in total. The molecule has 2 aromatic heterocycles. The van der Waals surface area contributed by atoms with Crippen molar-refractivity contribution in [3.63, 3.8) is 0 Å². The minimum atomic E-state index is -4.85. The number of carbonyl (C=O) groups excluding carboxylic acids is 1. The number of likely N-dealkylation sites (tertiary alicyclic amines) is 1. The van der Waals surface area contributed by atoms with Gasteiger partial charge in [0.1, 0.15) is 22.9 Å². The summed E-state index contributed by atoms with van der Waals surface area (Å²) < 4.78 is 69.6. The molecule has 1 fully saturated rings. The van der Waals surface area contributed by atoms with E-state index in [1.165, 1.54) is 30.2 Å². The van der Waals surface area contributed by atoms with E-state index in [0.717, 1.165) is 12.3 Å². The predicted octanol–water partition coefficient (Wildman–Crippen LogP) is 4.77. The molecule has 1 amide bonds. The summed E-state index contributed by atoms with van der Waals surface area (Å²) in [7, 11) is 1.87. The van der Waals surface area contributed by atoms with Gasteiger partial charge in [-0.15, -0.1) is 0 Å². The van der Waals surface area contributed by atoms with Crippen LogP contribution in [0.5, 0.6) is 0 Å². The third kappa shape index (κ3) is 4.26. The second kappa shape index (κ2) is 9.26. The highest BCUT2D eigenvalue weighted by Gasteiger charge is 2.53. The highest BCUT2D eigenvalue weighted by atomic mass is 19.4. The van der Waals surface area contributed by atoms with Gasteiger partial charge in [-0.05, 0) is 46.0 Å². The van der Waals surface area contributed by atoms with Gasteiger partial charge in [0.05, 0.1) is 35.7 Å². The third-order valence-electron chi connectivity index (χ3n) is 7.20. The second-order valence-electron chi connectivity index (χ2n) is 9.81. The molecule has 7 nitrogen and oxygen atoms in total. The zero-order valence-electron chi connectivity index (χ0n) is 20.9. The Morgan fingerprint density at radius 3 is 2.58 bits per heavy atom. The van der Waals surface area contributed by atoms with Gasteiger partial charge >= 0.3 is 6.18 Å². The van der Waals surface area contributed by atoms with Crippen molar-refractivity contribution in [1.29, 1.82) is 0 Å². The molecule has 3 aromatic rings. The van der Waals surface area contributed by atoms with Crippen LogP contribution in [0.3, 0.4) is 0 Å². The summed E-state index contributed by atoms with van der Waals surface area (Å²) >= 11 is 0. The standard InChI is InChI=1S/C26H25F5N6O/c1-14(16-5-4-6-18(21(16)28)26(29,30)31)33-23-17-12-37(20-7-9-32-11-19(20)27)24(38)25(8-10-36(3)13-25)22(17)34-15(2)35-23/h4-7,9,11,14H,8,10,12-13H2,1-3H3,(H,33,34,35)/t14-,25?/m1/s1. The van der Waals surface area contributed by atoms with E-state index in [4.69, 9.17) is 0 Å². The summed E-state index contributed by atoms with van der Waals surface area (Å²) in [5.41, 5.74) is -1.59. The van der Waals surface area contributed by atoms with Crippen LogP contribution in [-0.2, 0) is 22.9 Å². The number of halogens is 5. The fraction of sp³-hybridized carbons (Fsp3) is 0.385. The molecule has 0 saturated carbocycles. The molecule has 0 bridgehead atoms. The summed E-state index contributed by atoms with van der Waals surface area (Å²) in [5, 5.41) is 3.05. The molecule has 12 heteroatoms. The zero-order chi connectivity index (χ0) is 27.4. The van der Waals surface area contributed by atoms with Crippen LogP contribution >= 0.6 is 0 Å². The lowest BCUT2D eigenvalue weighted by atomic mass is 9.76. The van der Waals surface area contributed by atoms with Crippen molar-refractivity contribution in [2.75, 3.05) is 30.4 Å². The number of aryl methyl sites for hydroxylation is 1. The number of alkyl halides is 3. The average molecular weight is 533 g/mol. The van der Waals surface area contributed by atoms with Crippen molar-refractivity contribution >= 4 is 17.4 Å². The smallest absolute Gasteiger partial charge is 0.363 e. The van der Waals surface area contributed by atoms with Gasteiger partial charge in [-0.1, -0.05) is 12.1 Å². The van der Waals surface area contributed by atoms with Crippen molar-refractivity contribution in [2.45, 2.75) is 44.4 Å². The summed E-state index contributed by atoms with van der Waals surface area (Å²) in [6.07, 6.45) is -2.00. The molecule has 2 aliphatic heterocycles. The van der Waals surface area contributed by atoms with Crippen molar-refractivity contribution in [1.82, 2.24) is 19.9 Å². The molecular weight excluding hydrogens is 507 g/mol. The van der Waals surface area contributed by atoms with Crippen LogP contribution < -0.4 is 10.2 Å². The molecule has 0 aliphatic carbocycles. The number of amides is 1. The van der Waals surface area contributed by atoms with Crippen LogP contribution in [0.25, 0.3) is 0 Å². The number of pyridine rings is 1. The quantitative estimate of drug-likeness (QED) is 0.488. The lowest BCUT2D eigenvalue weighted by Crippen LogP contribution is -2.53. The van der Waals surface area contributed by atoms with E-state index in [-0.39, 0.29) is 29.5 Å². The van der Waals surface area contributed by atoms with Crippen LogP contribution in [0.2, 0.25) is 0 Å². The first-order valence-corrected chi connectivity index (χ1v) is 12.0. The van der Waals surface area contributed by atoms with E-state index in [9.17, 15) is 26.7 Å². The molecule has 2 aliphatic rings. The van der Waals surface area contributed by atoms with Gasteiger partial charge in [-0.3, -0.25) is 9.78 Å².